The molecule has 0 bridgehead atoms. The van der Waals surface area contributed by atoms with Crippen LogP contribution in [-0.2, 0) is 4.79 Å². The van der Waals surface area contributed by atoms with Crippen LogP contribution in [0.25, 0.3) is 11.0 Å². The van der Waals surface area contributed by atoms with Gasteiger partial charge >= 0.3 is 0 Å². The Kier molecular flexibility index (Phi) is 5.44. The molecular weight excluding hydrogens is 422 g/mol. The summed E-state index contributed by atoms with van der Waals surface area (Å²) in [4.78, 5) is 26.1. The first kappa shape index (κ1) is 20.6. The second-order valence-corrected chi connectivity index (χ2v) is 7.59. The van der Waals surface area contributed by atoms with Crippen molar-refractivity contribution in [3.8, 4) is 17.2 Å². The highest BCUT2D eigenvalue weighted by Crippen LogP contribution is 2.35. The Morgan fingerprint density at radius 3 is 2.55 bits per heavy atom. The van der Waals surface area contributed by atoms with Crippen molar-refractivity contribution in [1.29, 1.82) is 0 Å². The van der Waals surface area contributed by atoms with Gasteiger partial charge < -0.3 is 23.9 Å². The predicted molar refractivity (Wildman–Crippen MR) is 122 cm³/mol. The van der Waals surface area contributed by atoms with Crippen molar-refractivity contribution in [2.45, 2.75) is 6.92 Å². The molecule has 0 saturated heterocycles. The second kappa shape index (κ2) is 8.70. The third kappa shape index (κ3) is 4.13. The van der Waals surface area contributed by atoms with Gasteiger partial charge in [-0.25, -0.2) is 0 Å². The van der Waals surface area contributed by atoms with E-state index in [1.54, 1.807) is 42.5 Å². The fraction of sp³-hybridized carbons (Fsp3) is 0.154. The van der Waals surface area contributed by atoms with E-state index in [-0.39, 0.29) is 18.2 Å². The first-order chi connectivity index (χ1) is 16.1. The van der Waals surface area contributed by atoms with Gasteiger partial charge in [0.05, 0.1) is 5.69 Å². The average Bonchev–Trinajstić information content (AvgIpc) is 3.21. The van der Waals surface area contributed by atoms with Gasteiger partial charge in [-0.05, 0) is 48.9 Å². The van der Waals surface area contributed by atoms with E-state index in [1.807, 2.05) is 31.2 Å². The second-order valence-electron chi connectivity index (χ2n) is 7.59. The van der Waals surface area contributed by atoms with Crippen LogP contribution in [0.15, 0.2) is 71.1 Å². The molecule has 0 saturated carbocycles. The van der Waals surface area contributed by atoms with Crippen molar-refractivity contribution in [2.75, 3.05) is 25.1 Å². The topological polar surface area (TPSA) is 87.0 Å². The van der Waals surface area contributed by atoms with Crippen molar-refractivity contribution in [2.24, 2.45) is 0 Å². The molecule has 0 atom stereocenters. The summed E-state index contributed by atoms with van der Waals surface area (Å²) in [6.07, 6.45) is 0. The van der Waals surface area contributed by atoms with Crippen LogP contribution >= 0.6 is 0 Å². The number of ketones is 1. The molecule has 166 valence electrons. The van der Waals surface area contributed by atoms with Gasteiger partial charge in [-0.3, -0.25) is 9.59 Å². The molecule has 1 N–H and O–H groups in total. The van der Waals surface area contributed by atoms with E-state index in [9.17, 15) is 9.59 Å². The van der Waals surface area contributed by atoms with Crippen molar-refractivity contribution in [3.63, 3.8) is 0 Å². The van der Waals surface area contributed by atoms with E-state index in [0.717, 1.165) is 5.56 Å². The van der Waals surface area contributed by atoms with Gasteiger partial charge in [-0.15, -0.1) is 0 Å². The van der Waals surface area contributed by atoms with E-state index in [1.165, 1.54) is 0 Å². The first-order valence-electron chi connectivity index (χ1n) is 10.5. The van der Waals surface area contributed by atoms with Crippen molar-refractivity contribution in [3.05, 3.63) is 83.6 Å². The predicted octanol–water partition coefficient (Wildman–Crippen LogP) is 4.76. The molecule has 0 unspecified atom stereocenters. The molecule has 0 radical (unpaired) electrons. The number of nitrogens with one attached hydrogen (secondary N) is 1. The lowest BCUT2D eigenvalue weighted by Crippen LogP contribution is -2.21. The number of para-hydroxylation sites is 2. The van der Waals surface area contributed by atoms with E-state index < -0.39 is 5.91 Å². The lowest BCUT2D eigenvalue weighted by Gasteiger charge is -2.18. The maximum atomic E-state index is 13.4. The van der Waals surface area contributed by atoms with Gasteiger partial charge in [0, 0.05) is 10.9 Å². The fourth-order valence-electron chi connectivity index (χ4n) is 3.68. The Labute approximate surface area is 189 Å². The number of ether oxygens (including phenoxy) is 3. The standard InChI is InChI=1S/C26H21NO6/c1-16-6-2-4-8-19(16)32-15-23(28)27-24-18-7-3-5-9-20(18)33-26(24)25(29)17-10-11-21-22(14-17)31-13-12-30-21/h2-11,14H,12-13,15H2,1H3,(H,27,28). The molecule has 1 aliphatic heterocycles. The van der Waals surface area contributed by atoms with E-state index in [4.69, 9.17) is 18.6 Å². The number of fused-ring (bicyclic) bond motifs is 2. The highest BCUT2D eigenvalue weighted by molar-refractivity contribution is 6.17. The van der Waals surface area contributed by atoms with Crippen LogP contribution in [0.4, 0.5) is 5.69 Å². The van der Waals surface area contributed by atoms with Crippen LogP contribution in [0.3, 0.4) is 0 Å². The van der Waals surface area contributed by atoms with Gasteiger partial charge in [0.1, 0.15) is 24.5 Å². The Balaban J connectivity index is 1.43. The molecule has 1 aromatic heterocycles. The number of benzene rings is 3. The zero-order valence-electron chi connectivity index (χ0n) is 17.9. The first-order valence-corrected chi connectivity index (χ1v) is 10.5. The number of amides is 1. The largest absolute Gasteiger partial charge is 0.486 e. The van der Waals surface area contributed by atoms with Crippen LogP contribution in [0.5, 0.6) is 17.2 Å². The van der Waals surface area contributed by atoms with Crippen molar-refractivity contribution in [1.82, 2.24) is 0 Å². The maximum Gasteiger partial charge on any atom is 0.262 e. The number of hydrogen-bond acceptors (Lipinski definition) is 6. The average molecular weight is 443 g/mol. The third-order valence-corrected chi connectivity index (χ3v) is 5.32. The molecule has 7 nitrogen and oxygen atoms in total. The normalized spacial score (nSPS) is 12.4. The highest BCUT2D eigenvalue weighted by atomic mass is 16.6. The summed E-state index contributed by atoms with van der Waals surface area (Å²) < 4.78 is 22.6. The molecule has 7 heteroatoms. The molecule has 0 spiro atoms. The monoisotopic (exact) mass is 443 g/mol. The van der Waals surface area contributed by atoms with Gasteiger partial charge in [-0.2, -0.15) is 0 Å². The quantitative estimate of drug-likeness (QED) is 0.433. The number of hydrogen-bond donors (Lipinski definition) is 1. The smallest absolute Gasteiger partial charge is 0.262 e. The molecule has 1 aliphatic rings. The minimum Gasteiger partial charge on any atom is -0.486 e. The highest BCUT2D eigenvalue weighted by Gasteiger charge is 2.25. The zero-order valence-corrected chi connectivity index (χ0v) is 17.9. The minimum absolute atomic E-state index is 0.0390. The summed E-state index contributed by atoms with van der Waals surface area (Å²) in [5, 5.41) is 3.43. The molecule has 5 rings (SSSR count). The summed E-state index contributed by atoms with van der Waals surface area (Å²) >= 11 is 0. The Morgan fingerprint density at radius 2 is 1.70 bits per heavy atom. The van der Waals surface area contributed by atoms with Crippen molar-refractivity contribution >= 4 is 28.3 Å². The SMILES string of the molecule is Cc1ccccc1OCC(=O)Nc1c(C(=O)c2ccc3c(c2)OCCO3)oc2ccccc12. The molecule has 4 aromatic rings. The molecule has 2 heterocycles. The maximum absolute atomic E-state index is 13.4. The number of rotatable bonds is 6. The molecule has 0 fully saturated rings. The summed E-state index contributed by atoms with van der Waals surface area (Å²) in [6.45, 7) is 2.57. The third-order valence-electron chi connectivity index (χ3n) is 5.32. The van der Waals surface area contributed by atoms with Gasteiger partial charge in [-0.1, -0.05) is 30.3 Å². The van der Waals surface area contributed by atoms with Crippen LogP contribution in [-0.4, -0.2) is 31.5 Å². The molecule has 33 heavy (non-hydrogen) atoms. The van der Waals surface area contributed by atoms with E-state index >= 15 is 0 Å². The number of anilines is 1. The zero-order chi connectivity index (χ0) is 22.8. The summed E-state index contributed by atoms with van der Waals surface area (Å²) in [6, 6.07) is 19.6. The summed E-state index contributed by atoms with van der Waals surface area (Å²) in [7, 11) is 0. The molecule has 0 aliphatic carbocycles. The Bertz CT molecular complexity index is 1360. The summed E-state index contributed by atoms with van der Waals surface area (Å²) in [5.74, 6) is 0.971. The van der Waals surface area contributed by atoms with E-state index in [2.05, 4.69) is 5.32 Å². The number of aryl methyl sites for hydroxylation is 1. The Morgan fingerprint density at radius 1 is 0.939 bits per heavy atom. The minimum atomic E-state index is -0.402. The lowest BCUT2D eigenvalue weighted by molar-refractivity contribution is -0.118. The lowest BCUT2D eigenvalue weighted by atomic mass is 10.1. The van der Waals surface area contributed by atoms with Crippen LogP contribution in [0.1, 0.15) is 21.7 Å². The van der Waals surface area contributed by atoms with Crippen LogP contribution < -0.4 is 19.5 Å². The van der Waals surface area contributed by atoms with Crippen LogP contribution in [0, 0.1) is 6.92 Å². The van der Waals surface area contributed by atoms with Crippen LogP contribution in [0.2, 0.25) is 0 Å². The van der Waals surface area contributed by atoms with Gasteiger partial charge in [0.2, 0.25) is 5.78 Å². The summed E-state index contributed by atoms with van der Waals surface area (Å²) in [5.41, 5.74) is 2.09. The molecule has 3 aromatic carbocycles. The Hall–Kier alpha value is -4.26. The van der Waals surface area contributed by atoms with Gasteiger partial charge in [0.15, 0.2) is 23.9 Å². The number of carbonyl (C=O) groups is 2. The molecule has 1 amide bonds. The van der Waals surface area contributed by atoms with Gasteiger partial charge in [0.25, 0.3) is 5.91 Å². The number of carbonyl (C=O) groups excluding carboxylic acids is 2. The van der Waals surface area contributed by atoms with E-state index in [0.29, 0.717) is 52.7 Å². The van der Waals surface area contributed by atoms with Crippen molar-refractivity contribution < 1.29 is 28.2 Å². The number of furan rings is 1. The fourth-order valence-corrected chi connectivity index (χ4v) is 3.68. The molecular formula is C26H21NO6.